The van der Waals surface area contributed by atoms with Crippen LogP contribution < -0.4 is 0 Å². The first-order valence-electron chi connectivity index (χ1n) is 7.16. The summed E-state index contributed by atoms with van der Waals surface area (Å²) in [6, 6.07) is 0. The summed E-state index contributed by atoms with van der Waals surface area (Å²) in [4.78, 5) is 4.33. The molecule has 0 aliphatic rings. The molecule has 0 bridgehead atoms. The number of rotatable bonds is 8. The van der Waals surface area contributed by atoms with Gasteiger partial charge in [0, 0.05) is 11.8 Å². The predicted molar refractivity (Wildman–Crippen MR) is 87.8 cm³/mol. The van der Waals surface area contributed by atoms with Crippen molar-refractivity contribution in [2.75, 3.05) is 7.05 Å². The molecule has 0 rings (SSSR count). The second kappa shape index (κ2) is 8.79. The van der Waals surface area contributed by atoms with Gasteiger partial charge >= 0.3 is 0 Å². The van der Waals surface area contributed by atoms with Crippen LogP contribution in [0.2, 0.25) is 0 Å². The maximum atomic E-state index is 4.33. The molecule has 106 valence electrons. The van der Waals surface area contributed by atoms with Crippen molar-refractivity contribution in [2.24, 2.45) is 10.9 Å². The SMILES string of the molecule is C=C(C)C[C@](C)(SC(C)=NC)C(CC)CCCC. The average Bonchev–Trinajstić information content (AvgIpc) is 2.28. The standard InChI is InChI=1S/C16H31NS/c1-8-10-11-15(9-2)16(6,12-13(3)4)18-14(5)17-7/h15H,3,8-12H2,1-2,4-7H3/t15?,16-/m0/s1. The number of hydrogen-bond donors (Lipinski definition) is 0. The Balaban J connectivity index is 4.95. The fourth-order valence-electron chi connectivity index (χ4n) is 2.64. The van der Waals surface area contributed by atoms with Gasteiger partial charge in [-0.15, -0.1) is 18.3 Å². The number of allylic oxidation sites excluding steroid dienone is 1. The van der Waals surface area contributed by atoms with E-state index in [4.69, 9.17) is 0 Å². The van der Waals surface area contributed by atoms with Crippen molar-refractivity contribution in [1.29, 1.82) is 0 Å². The Hall–Kier alpha value is -0.240. The smallest absolute Gasteiger partial charge is 0.0646 e. The van der Waals surface area contributed by atoms with Crippen LogP contribution in [-0.4, -0.2) is 16.8 Å². The molecule has 0 radical (unpaired) electrons. The molecule has 0 aromatic carbocycles. The molecular weight excluding hydrogens is 238 g/mol. The third-order valence-electron chi connectivity index (χ3n) is 3.61. The van der Waals surface area contributed by atoms with Gasteiger partial charge in [0.1, 0.15) is 0 Å². The fraction of sp³-hybridized carbons (Fsp3) is 0.812. The molecule has 0 aromatic rings. The summed E-state index contributed by atoms with van der Waals surface area (Å²) in [5, 5.41) is 1.19. The van der Waals surface area contributed by atoms with Crippen molar-refractivity contribution in [3.05, 3.63) is 12.2 Å². The third kappa shape index (κ3) is 6.08. The van der Waals surface area contributed by atoms with E-state index in [2.05, 4.69) is 46.2 Å². The summed E-state index contributed by atoms with van der Waals surface area (Å²) in [6.07, 6.45) is 6.26. The molecule has 18 heavy (non-hydrogen) atoms. The minimum atomic E-state index is 0.249. The molecule has 0 N–H and O–H groups in total. The number of thioether (sulfide) groups is 1. The Kier molecular flexibility index (Phi) is 8.67. The van der Waals surface area contributed by atoms with Gasteiger partial charge in [-0.25, -0.2) is 0 Å². The van der Waals surface area contributed by atoms with Crippen molar-refractivity contribution in [3.8, 4) is 0 Å². The summed E-state index contributed by atoms with van der Waals surface area (Å²) >= 11 is 1.95. The number of unbranched alkanes of at least 4 members (excludes halogenated alkanes) is 1. The van der Waals surface area contributed by atoms with E-state index in [1.165, 1.54) is 36.3 Å². The fourth-order valence-corrected chi connectivity index (χ4v) is 4.17. The van der Waals surface area contributed by atoms with Crippen LogP contribution in [0.4, 0.5) is 0 Å². The summed E-state index contributed by atoms with van der Waals surface area (Å²) in [6.45, 7) is 15.4. The molecule has 0 fully saturated rings. The highest BCUT2D eigenvalue weighted by molar-refractivity contribution is 8.15. The molecule has 2 heteroatoms. The van der Waals surface area contributed by atoms with Gasteiger partial charge in [-0.05, 0) is 39.5 Å². The molecule has 0 aromatic heterocycles. The minimum absolute atomic E-state index is 0.249. The van der Waals surface area contributed by atoms with Crippen LogP contribution in [0.3, 0.4) is 0 Å². The Bertz CT molecular complexity index is 283. The summed E-state index contributed by atoms with van der Waals surface area (Å²) < 4.78 is 0.249. The van der Waals surface area contributed by atoms with Crippen molar-refractivity contribution in [2.45, 2.75) is 71.5 Å². The Morgan fingerprint density at radius 1 is 1.33 bits per heavy atom. The molecule has 1 unspecified atom stereocenters. The first kappa shape index (κ1) is 17.8. The monoisotopic (exact) mass is 269 g/mol. The van der Waals surface area contributed by atoms with Crippen molar-refractivity contribution < 1.29 is 0 Å². The quantitative estimate of drug-likeness (QED) is 0.312. The topological polar surface area (TPSA) is 12.4 Å². The lowest BCUT2D eigenvalue weighted by Crippen LogP contribution is -2.32. The van der Waals surface area contributed by atoms with Crippen LogP contribution in [0.15, 0.2) is 17.1 Å². The highest BCUT2D eigenvalue weighted by Gasteiger charge is 2.34. The molecular formula is C16H31NS. The highest BCUT2D eigenvalue weighted by atomic mass is 32.2. The summed E-state index contributed by atoms with van der Waals surface area (Å²) in [7, 11) is 1.89. The van der Waals surface area contributed by atoms with Gasteiger partial charge in [0.2, 0.25) is 0 Å². The Morgan fingerprint density at radius 3 is 2.33 bits per heavy atom. The van der Waals surface area contributed by atoms with Crippen LogP contribution in [0.5, 0.6) is 0 Å². The van der Waals surface area contributed by atoms with Gasteiger partial charge in [-0.2, -0.15) is 0 Å². The molecule has 0 spiro atoms. The van der Waals surface area contributed by atoms with Gasteiger partial charge in [0.15, 0.2) is 0 Å². The van der Waals surface area contributed by atoms with Crippen molar-refractivity contribution in [3.63, 3.8) is 0 Å². The first-order valence-corrected chi connectivity index (χ1v) is 7.98. The van der Waals surface area contributed by atoms with E-state index in [0.29, 0.717) is 0 Å². The molecule has 0 saturated carbocycles. The van der Waals surface area contributed by atoms with Crippen LogP contribution in [0.25, 0.3) is 0 Å². The van der Waals surface area contributed by atoms with Gasteiger partial charge in [-0.3, -0.25) is 4.99 Å². The second-order valence-electron chi connectivity index (χ2n) is 5.54. The van der Waals surface area contributed by atoms with Gasteiger partial charge in [0.25, 0.3) is 0 Å². The van der Waals surface area contributed by atoms with E-state index in [0.717, 1.165) is 12.3 Å². The lowest BCUT2D eigenvalue weighted by Gasteiger charge is -2.37. The zero-order valence-corrected chi connectivity index (χ0v) is 14.0. The highest BCUT2D eigenvalue weighted by Crippen LogP contribution is 2.42. The minimum Gasteiger partial charge on any atom is -0.287 e. The van der Waals surface area contributed by atoms with Crippen LogP contribution in [-0.2, 0) is 0 Å². The number of hydrogen-bond acceptors (Lipinski definition) is 2. The maximum Gasteiger partial charge on any atom is 0.0646 e. The summed E-state index contributed by atoms with van der Waals surface area (Å²) in [5.74, 6) is 0.746. The molecule has 0 heterocycles. The molecule has 0 aliphatic heterocycles. The maximum absolute atomic E-state index is 4.33. The van der Waals surface area contributed by atoms with Crippen LogP contribution in [0.1, 0.15) is 66.7 Å². The number of aliphatic imine (C=N–C) groups is 1. The largest absolute Gasteiger partial charge is 0.287 e. The van der Waals surface area contributed by atoms with Gasteiger partial charge in [0.05, 0.1) is 5.04 Å². The second-order valence-corrected chi connectivity index (χ2v) is 7.27. The summed E-state index contributed by atoms with van der Waals surface area (Å²) in [5.41, 5.74) is 1.28. The molecule has 1 nitrogen and oxygen atoms in total. The van der Waals surface area contributed by atoms with Crippen LogP contribution >= 0.6 is 11.8 Å². The average molecular weight is 269 g/mol. The first-order chi connectivity index (χ1) is 8.39. The zero-order chi connectivity index (χ0) is 14.2. The molecule has 0 amide bonds. The van der Waals surface area contributed by atoms with E-state index < -0.39 is 0 Å². The Morgan fingerprint density at radius 2 is 1.94 bits per heavy atom. The van der Waals surface area contributed by atoms with E-state index in [9.17, 15) is 0 Å². The third-order valence-corrected chi connectivity index (χ3v) is 5.03. The van der Waals surface area contributed by atoms with Crippen molar-refractivity contribution >= 4 is 16.8 Å². The van der Waals surface area contributed by atoms with E-state index >= 15 is 0 Å². The van der Waals surface area contributed by atoms with E-state index in [1.54, 1.807) is 0 Å². The van der Waals surface area contributed by atoms with Gasteiger partial charge < -0.3 is 0 Å². The number of nitrogens with zero attached hydrogens (tertiary/aromatic N) is 1. The Labute approximate surface area is 119 Å². The molecule has 2 atom stereocenters. The van der Waals surface area contributed by atoms with Crippen molar-refractivity contribution in [1.82, 2.24) is 0 Å². The van der Waals surface area contributed by atoms with E-state index in [1.807, 2.05) is 18.8 Å². The zero-order valence-electron chi connectivity index (χ0n) is 13.2. The van der Waals surface area contributed by atoms with E-state index in [-0.39, 0.29) is 4.75 Å². The molecule has 0 saturated heterocycles. The molecule has 0 aliphatic carbocycles. The van der Waals surface area contributed by atoms with Crippen LogP contribution in [0, 0.1) is 5.92 Å². The normalized spacial score (nSPS) is 17.3. The lowest BCUT2D eigenvalue weighted by atomic mass is 9.82. The predicted octanol–water partition coefficient (Wildman–Crippen LogP) is 5.71. The van der Waals surface area contributed by atoms with Gasteiger partial charge in [-0.1, -0.05) is 38.7 Å². The lowest BCUT2D eigenvalue weighted by molar-refractivity contribution is 0.351.